The molecule has 0 saturated carbocycles. The van der Waals surface area contributed by atoms with E-state index in [1.54, 1.807) is 0 Å². The van der Waals surface area contributed by atoms with Crippen LogP contribution in [0.5, 0.6) is 0 Å². The molecule has 0 aliphatic rings. The van der Waals surface area contributed by atoms with Crippen molar-refractivity contribution in [3.63, 3.8) is 0 Å². The molecule has 0 atom stereocenters. The second-order valence-electron chi connectivity index (χ2n) is 5.98. The summed E-state index contributed by atoms with van der Waals surface area (Å²) in [5.41, 5.74) is 2.18. The minimum Gasteiger partial charge on any atom is -0.311 e. The molecular weight excluding hydrogens is 248 g/mol. The molecule has 0 fully saturated rings. The second kappa shape index (κ2) is 6.04. The first-order valence-electron chi connectivity index (χ1n) is 6.26. The molecule has 0 radical (unpaired) electrons. The van der Waals surface area contributed by atoms with Crippen LogP contribution in [0.15, 0.2) is 0 Å². The van der Waals surface area contributed by atoms with Gasteiger partial charge in [0.1, 0.15) is 0 Å². The molecule has 0 aliphatic carbocycles. The van der Waals surface area contributed by atoms with Gasteiger partial charge in [-0.3, -0.25) is 4.68 Å². The van der Waals surface area contributed by atoms with E-state index in [0.29, 0.717) is 0 Å². The Morgan fingerprint density at radius 1 is 1.39 bits per heavy atom. The van der Waals surface area contributed by atoms with E-state index in [1.807, 2.05) is 18.7 Å². The van der Waals surface area contributed by atoms with E-state index in [1.165, 1.54) is 0 Å². The molecular formula is C13H25ClN4. The van der Waals surface area contributed by atoms with Gasteiger partial charge in [-0.05, 0) is 26.4 Å². The summed E-state index contributed by atoms with van der Waals surface area (Å²) in [6.45, 7) is 9.21. The minimum absolute atomic E-state index is 0.240. The number of aromatic nitrogens is 2. The van der Waals surface area contributed by atoms with Gasteiger partial charge >= 0.3 is 0 Å². The molecule has 0 aliphatic heterocycles. The third kappa shape index (κ3) is 4.26. The van der Waals surface area contributed by atoms with Crippen LogP contribution in [-0.4, -0.2) is 41.9 Å². The largest absolute Gasteiger partial charge is 0.311 e. The summed E-state index contributed by atoms with van der Waals surface area (Å²) >= 11 is 6.22. The van der Waals surface area contributed by atoms with Gasteiger partial charge in [0.2, 0.25) is 0 Å². The van der Waals surface area contributed by atoms with Crippen molar-refractivity contribution in [2.45, 2.75) is 27.3 Å². The predicted octanol–water partition coefficient (Wildman–Crippen LogP) is 2.06. The quantitative estimate of drug-likeness (QED) is 0.861. The van der Waals surface area contributed by atoms with Crippen LogP contribution >= 0.6 is 11.6 Å². The number of aryl methyl sites for hydroxylation is 2. The molecule has 0 amide bonds. The molecule has 18 heavy (non-hydrogen) atoms. The molecule has 0 bridgehead atoms. The lowest BCUT2D eigenvalue weighted by Crippen LogP contribution is -2.37. The van der Waals surface area contributed by atoms with E-state index >= 15 is 0 Å². The average Bonchev–Trinajstić information content (AvgIpc) is 2.42. The topological polar surface area (TPSA) is 33.1 Å². The number of nitrogens with one attached hydrogen (secondary N) is 1. The van der Waals surface area contributed by atoms with E-state index in [2.05, 4.69) is 43.3 Å². The number of rotatable bonds is 6. The highest BCUT2D eigenvalue weighted by Gasteiger charge is 2.19. The molecule has 0 aromatic carbocycles. The van der Waals surface area contributed by atoms with E-state index in [0.717, 1.165) is 36.0 Å². The second-order valence-corrected chi connectivity index (χ2v) is 6.35. The SMILES string of the molecule is Cc1nn(C)c(CNCC(C)(C)CN(C)C)c1Cl. The average molecular weight is 273 g/mol. The lowest BCUT2D eigenvalue weighted by molar-refractivity contribution is 0.231. The fraction of sp³-hybridized carbons (Fsp3) is 0.769. The van der Waals surface area contributed by atoms with Gasteiger partial charge in [0.05, 0.1) is 16.4 Å². The molecule has 0 spiro atoms. The lowest BCUT2D eigenvalue weighted by Gasteiger charge is -2.28. The van der Waals surface area contributed by atoms with Crippen molar-refractivity contribution < 1.29 is 0 Å². The third-order valence-electron chi connectivity index (χ3n) is 2.90. The Kier molecular flexibility index (Phi) is 5.20. The molecule has 1 aromatic heterocycles. The van der Waals surface area contributed by atoms with Crippen LogP contribution in [0.2, 0.25) is 5.02 Å². The molecule has 1 aromatic rings. The van der Waals surface area contributed by atoms with Gasteiger partial charge < -0.3 is 10.2 Å². The highest BCUT2D eigenvalue weighted by Crippen LogP contribution is 2.20. The lowest BCUT2D eigenvalue weighted by atomic mass is 9.93. The fourth-order valence-corrected chi connectivity index (χ4v) is 2.53. The summed E-state index contributed by atoms with van der Waals surface area (Å²) in [5.74, 6) is 0. The van der Waals surface area contributed by atoms with Crippen LogP contribution in [0.4, 0.5) is 0 Å². The molecule has 0 unspecified atom stereocenters. The summed E-state index contributed by atoms with van der Waals surface area (Å²) in [5, 5.41) is 8.55. The maximum Gasteiger partial charge on any atom is 0.0860 e. The summed E-state index contributed by atoms with van der Waals surface area (Å²) < 4.78 is 1.85. The summed E-state index contributed by atoms with van der Waals surface area (Å²) in [4.78, 5) is 2.21. The van der Waals surface area contributed by atoms with Gasteiger partial charge in [0.25, 0.3) is 0 Å². The number of halogens is 1. The monoisotopic (exact) mass is 272 g/mol. The highest BCUT2D eigenvalue weighted by atomic mass is 35.5. The zero-order valence-corrected chi connectivity index (χ0v) is 13.1. The first kappa shape index (κ1) is 15.5. The highest BCUT2D eigenvalue weighted by molar-refractivity contribution is 6.31. The Morgan fingerprint density at radius 3 is 2.44 bits per heavy atom. The van der Waals surface area contributed by atoms with Gasteiger partial charge in [-0.15, -0.1) is 0 Å². The Hall–Kier alpha value is -0.580. The molecule has 1 N–H and O–H groups in total. The first-order chi connectivity index (χ1) is 8.23. The Morgan fingerprint density at radius 2 is 2.00 bits per heavy atom. The van der Waals surface area contributed by atoms with Gasteiger partial charge in [0, 0.05) is 26.7 Å². The van der Waals surface area contributed by atoms with Crippen molar-refractivity contribution in [2.24, 2.45) is 12.5 Å². The Bertz CT molecular complexity index is 396. The van der Waals surface area contributed by atoms with Crippen molar-refractivity contribution in [1.29, 1.82) is 0 Å². The van der Waals surface area contributed by atoms with Gasteiger partial charge in [0.15, 0.2) is 0 Å². The molecule has 1 heterocycles. The zero-order valence-electron chi connectivity index (χ0n) is 12.3. The third-order valence-corrected chi connectivity index (χ3v) is 3.39. The van der Waals surface area contributed by atoms with Crippen molar-refractivity contribution in [1.82, 2.24) is 20.0 Å². The van der Waals surface area contributed by atoms with Crippen molar-refractivity contribution >= 4 is 11.6 Å². The van der Waals surface area contributed by atoms with E-state index in [-0.39, 0.29) is 5.41 Å². The molecule has 0 saturated heterocycles. The smallest absolute Gasteiger partial charge is 0.0860 e. The molecule has 1 rings (SSSR count). The van der Waals surface area contributed by atoms with E-state index in [4.69, 9.17) is 11.6 Å². The summed E-state index contributed by atoms with van der Waals surface area (Å²) in [7, 11) is 6.13. The van der Waals surface area contributed by atoms with Gasteiger partial charge in [-0.1, -0.05) is 25.4 Å². The van der Waals surface area contributed by atoms with Gasteiger partial charge in [-0.25, -0.2) is 0 Å². The Balaban J connectivity index is 2.51. The number of hydrogen-bond acceptors (Lipinski definition) is 3. The molecule has 4 nitrogen and oxygen atoms in total. The summed E-state index contributed by atoms with van der Waals surface area (Å²) in [6.07, 6.45) is 0. The number of hydrogen-bond donors (Lipinski definition) is 1. The molecule has 5 heteroatoms. The predicted molar refractivity (Wildman–Crippen MR) is 77.0 cm³/mol. The van der Waals surface area contributed by atoms with Crippen molar-refractivity contribution in [2.75, 3.05) is 27.2 Å². The van der Waals surface area contributed by atoms with Crippen LogP contribution < -0.4 is 5.32 Å². The van der Waals surface area contributed by atoms with Crippen LogP contribution in [-0.2, 0) is 13.6 Å². The fourth-order valence-electron chi connectivity index (χ4n) is 2.30. The first-order valence-corrected chi connectivity index (χ1v) is 6.64. The van der Waals surface area contributed by atoms with Crippen molar-refractivity contribution in [3.05, 3.63) is 16.4 Å². The minimum atomic E-state index is 0.240. The molecule has 104 valence electrons. The number of nitrogens with zero attached hydrogens (tertiary/aromatic N) is 3. The van der Waals surface area contributed by atoms with Gasteiger partial charge in [-0.2, -0.15) is 5.10 Å². The zero-order chi connectivity index (χ0) is 13.9. The maximum absolute atomic E-state index is 6.22. The van der Waals surface area contributed by atoms with E-state index < -0.39 is 0 Å². The van der Waals surface area contributed by atoms with E-state index in [9.17, 15) is 0 Å². The summed E-state index contributed by atoms with van der Waals surface area (Å²) in [6, 6.07) is 0. The van der Waals surface area contributed by atoms with Crippen LogP contribution in [0.3, 0.4) is 0 Å². The maximum atomic E-state index is 6.22. The van der Waals surface area contributed by atoms with Crippen LogP contribution in [0, 0.1) is 12.3 Å². The Labute approximate surface area is 115 Å². The van der Waals surface area contributed by atoms with Crippen LogP contribution in [0.25, 0.3) is 0 Å². The standard InChI is InChI=1S/C13H25ClN4/c1-10-12(14)11(18(6)16-10)7-15-8-13(2,3)9-17(4)5/h15H,7-9H2,1-6H3. The van der Waals surface area contributed by atoms with Crippen LogP contribution in [0.1, 0.15) is 25.2 Å². The van der Waals surface area contributed by atoms with Crippen molar-refractivity contribution in [3.8, 4) is 0 Å². The normalized spacial score (nSPS) is 12.4.